The van der Waals surface area contributed by atoms with Gasteiger partial charge in [0.15, 0.2) is 0 Å². The van der Waals surface area contributed by atoms with E-state index in [9.17, 15) is 34.5 Å². The number of β-lactam (4-membered cyclic amide) rings is 1. The van der Waals surface area contributed by atoms with Gasteiger partial charge in [-0.3, -0.25) is 19.4 Å². The van der Waals surface area contributed by atoms with Crippen molar-refractivity contribution in [1.29, 1.82) is 0 Å². The van der Waals surface area contributed by atoms with Crippen LogP contribution in [0.25, 0.3) is 10.9 Å². The Morgan fingerprint density at radius 1 is 1.10 bits per heavy atom. The van der Waals surface area contributed by atoms with Crippen molar-refractivity contribution >= 4 is 46.2 Å². The second kappa shape index (κ2) is 9.35. The van der Waals surface area contributed by atoms with E-state index in [1.807, 2.05) is 9.80 Å². The predicted molar refractivity (Wildman–Crippen MR) is 140 cm³/mol. The van der Waals surface area contributed by atoms with Gasteiger partial charge in [-0.25, -0.2) is 14.0 Å². The Kier molecular flexibility index (Phi) is 6.19. The molecule has 11 nitrogen and oxygen atoms in total. The molecule has 6 rings (SSSR count). The maximum Gasteiger partial charge on any atom is 0.353 e. The van der Waals surface area contributed by atoms with Gasteiger partial charge in [0.2, 0.25) is 11.3 Å². The zero-order chi connectivity index (χ0) is 27.7. The number of anilines is 1. The Balaban J connectivity index is 1.21. The molecule has 4 heterocycles. The molecule has 3 atom stereocenters. The van der Waals surface area contributed by atoms with E-state index in [2.05, 4.69) is 0 Å². The van der Waals surface area contributed by atoms with Crippen LogP contribution in [0.1, 0.15) is 36.2 Å². The molecule has 1 aromatic carbocycles. The number of pyridine rings is 1. The van der Waals surface area contributed by atoms with Crippen LogP contribution in [0.5, 0.6) is 0 Å². The second-order valence-corrected chi connectivity index (χ2v) is 11.7. The molecule has 3 aliphatic heterocycles. The van der Waals surface area contributed by atoms with E-state index in [4.69, 9.17) is 0 Å². The Morgan fingerprint density at radius 2 is 1.79 bits per heavy atom. The molecule has 39 heavy (non-hydrogen) atoms. The van der Waals surface area contributed by atoms with Gasteiger partial charge in [0, 0.05) is 55.3 Å². The summed E-state index contributed by atoms with van der Waals surface area (Å²) in [4.78, 5) is 54.5. The normalized spacial score (nSPS) is 24.2. The number of hydrogen-bond acceptors (Lipinski definition) is 8. The highest BCUT2D eigenvalue weighted by atomic mass is 32.2. The number of benzene rings is 1. The lowest BCUT2D eigenvalue weighted by atomic mass is 9.92. The number of amides is 1. The number of carbonyl (C=O) groups is 3. The number of carboxylic acid groups (broad SMARTS) is 2. The minimum atomic E-state index is -1.34. The first-order valence-corrected chi connectivity index (χ1v) is 13.7. The summed E-state index contributed by atoms with van der Waals surface area (Å²) in [7, 11) is 0. The quantitative estimate of drug-likeness (QED) is 0.428. The smallest absolute Gasteiger partial charge is 0.353 e. The number of carbonyl (C=O) groups excluding carboxylic acids is 1. The third-order valence-corrected chi connectivity index (χ3v) is 9.28. The number of aromatic carboxylic acids is 1. The fourth-order valence-electron chi connectivity index (χ4n) is 5.72. The van der Waals surface area contributed by atoms with Gasteiger partial charge in [0.25, 0.3) is 0 Å². The van der Waals surface area contributed by atoms with Crippen molar-refractivity contribution in [3.63, 3.8) is 0 Å². The first-order valence-electron chi connectivity index (χ1n) is 12.8. The lowest BCUT2D eigenvalue weighted by Crippen LogP contribution is -2.60. The molecule has 3 fully saturated rings. The minimum absolute atomic E-state index is 0.0336. The van der Waals surface area contributed by atoms with E-state index in [0.29, 0.717) is 48.8 Å². The molecule has 3 N–H and O–H groups in total. The summed E-state index contributed by atoms with van der Waals surface area (Å²) >= 11 is 1.30. The van der Waals surface area contributed by atoms with Crippen molar-refractivity contribution in [2.45, 2.75) is 37.3 Å². The maximum absolute atomic E-state index is 15.3. The molecular formula is C26H27FN4O7S. The maximum atomic E-state index is 15.3. The Morgan fingerprint density at radius 3 is 2.38 bits per heavy atom. The molecule has 0 radical (unpaired) electrons. The van der Waals surface area contributed by atoms with Gasteiger partial charge in [0.05, 0.1) is 23.2 Å². The van der Waals surface area contributed by atoms with Crippen LogP contribution in [0.2, 0.25) is 0 Å². The number of aliphatic hydroxyl groups is 1. The average molecular weight is 559 g/mol. The van der Waals surface area contributed by atoms with Crippen molar-refractivity contribution in [2.75, 3.05) is 37.6 Å². The van der Waals surface area contributed by atoms with Crippen molar-refractivity contribution in [3.8, 4) is 0 Å². The van der Waals surface area contributed by atoms with Crippen molar-refractivity contribution in [3.05, 3.63) is 50.5 Å². The van der Waals surface area contributed by atoms with Crippen molar-refractivity contribution < 1.29 is 34.1 Å². The lowest BCUT2D eigenvalue weighted by molar-refractivity contribution is -0.156. The highest BCUT2D eigenvalue weighted by Crippen LogP contribution is 2.50. The van der Waals surface area contributed by atoms with Crippen LogP contribution >= 0.6 is 11.8 Å². The highest BCUT2D eigenvalue weighted by molar-refractivity contribution is 8.04. The Bertz CT molecular complexity index is 1510. The summed E-state index contributed by atoms with van der Waals surface area (Å²) < 4.78 is 17.0. The Labute approximate surface area is 226 Å². The van der Waals surface area contributed by atoms with Crippen LogP contribution in [0, 0.1) is 11.7 Å². The third-order valence-electron chi connectivity index (χ3n) is 7.93. The third kappa shape index (κ3) is 4.19. The molecular weight excluding hydrogens is 531 g/mol. The van der Waals surface area contributed by atoms with Crippen LogP contribution < -0.4 is 10.3 Å². The predicted octanol–water partition coefficient (Wildman–Crippen LogP) is 1.50. The van der Waals surface area contributed by atoms with Crippen molar-refractivity contribution in [1.82, 2.24) is 14.4 Å². The van der Waals surface area contributed by atoms with Gasteiger partial charge in [0.1, 0.15) is 22.5 Å². The number of nitrogens with zero attached hydrogens (tertiary/aromatic N) is 4. The van der Waals surface area contributed by atoms with Crippen molar-refractivity contribution in [2.24, 2.45) is 5.92 Å². The molecule has 0 unspecified atom stereocenters. The van der Waals surface area contributed by atoms with Gasteiger partial charge < -0.3 is 24.8 Å². The van der Waals surface area contributed by atoms with E-state index in [0.717, 1.165) is 18.9 Å². The number of aliphatic hydroxyl groups excluding tert-OH is 1. The van der Waals surface area contributed by atoms with Gasteiger partial charge in [-0.15, -0.1) is 11.8 Å². The van der Waals surface area contributed by atoms with Gasteiger partial charge in [-0.2, -0.15) is 0 Å². The Hall–Kier alpha value is -3.42. The molecule has 0 spiro atoms. The number of thioether (sulfide) groups is 1. The highest BCUT2D eigenvalue weighted by Gasteiger charge is 2.57. The molecule has 206 valence electrons. The van der Waals surface area contributed by atoms with Gasteiger partial charge in [-0.05, 0) is 31.9 Å². The SMILES string of the molecule is C[C@@H](O)[C@@H]1C(=O)N2C(C(=O)O)=C(CN3CCN(c4cc5c(cc4F)c(=O)c(C(=O)O)cn5C4CC4)CC3)S[C@H]12. The zero-order valence-corrected chi connectivity index (χ0v) is 21.9. The molecule has 2 aromatic rings. The summed E-state index contributed by atoms with van der Waals surface area (Å²) in [5, 5.41) is 28.8. The molecule has 2 saturated heterocycles. The second-order valence-electron chi connectivity index (χ2n) is 10.5. The molecule has 4 aliphatic rings. The summed E-state index contributed by atoms with van der Waals surface area (Å²) in [6.07, 6.45) is 2.20. The van der Waals surface area contributed by atoms with Gasteiger partial charge in [-0.1, -0.05) is 0 Å². The van der Waals surface area contributed by atoms with E-state index in [1.165, 1.54) is 29.8 Å². The number of piperazine rings is 1. The monoisotopic (exact) mass is 558 g/mol. The van der Waals surface area contributed by atoms with E-state index < -0.39 is 40.6 Å². The largest absolute Gasteiger partial charge is 0.477 e. The number of rotatable bonds is 7. The number of aromatic nitrogens is 1. The van der Waals surface area contributed by atoms with E-state index in [-0.39, 0.29) is 28.6 Å². The number of carboxylic acids is 2. The number of fused-ring (bicyclic) bond motifs is 2. The molecule has 1 amide bonds. The van der Waals surface area contributed by atoms with Crippen LogP contribution in [-0.2, 0) is 9.59 Å². The zero-order valence-electron chi connectivity index (χ0n) is 21.0. The lowest BCUT2D eigenvalue weighted by Gasteiger charge is -2.43. The number of halogens is 1. The molecule has 1 saturated carbocycles. The molecule has 0 bridgehead atoms. The summed E-state index contributed by atoms with van der Waals surface area (Å²) in [6.45, 7) is 3.78. The fraction of sp³-hybridized carbons (Fsp3) is 0.462. The van der Waals surface area contributed by atoms with Crippen LogP contribution in [-0.4, -0.2) is 91.7 Å². The van der Waals surface area contributed by atoms with Gasteiger partial charge >= 0.3 is 11.9 Å². The minimum Gasteiger partial charge on any atom is -0.477 e. The van der Waals surface area contributed by atoms with Crippen LogP contribution in [0.3, 0.4) is 0 Å². The van der Waals surface area contributed by atoms with E-state index in [1.54, 1.807) is 10.6 Å². The van der Waals surface area contributed by atoms with Crippen LogP contribution in [0.4, 0.5) is 10.1 Å². The topological polar surface area (TPSA) is 144 Å². The molecule has 13 heteroatoms. The summed E-state index contributed by atoms with van der Waals surface area (Å²) in [6, 6.07) is 2.83. The standard InChI is InChI=1S/C26H27FN4O7S/c1-12(32)20-23(34)31-21(26(37)38)19(39-24(20)31)11-28-4-6-29(7-5-28)18-9-17-14(8-16(18)27)22(33)15(25(35)36)10-30(17)13-2-3-13/h8-10,12-13,20,24,32H,2-7,11H2,1H3,(H,35,36)(H,37,38)/t12-,20-,24-/m1/s1. The summed E-state index contributed by atoms with van der Waals surface area (Å²) in [5.74, 6) is -4.14. The molecule has 1 aliphatic carbocycles. The fourth-order valence-corrected chi connectivity index (χ4v) is 7.37. The number of hydrogen-bond donors (Lipinski definition) is 3. The number of aliphatic carboxylic acids is 1. The van der Waals surface area contributed by atoms with E-state index >= 15 is 4.39 Å². The molecule has 1 aromatic heterocycles. The average Bonchev–Trinajstić information content (AvgIpc) is 3.67. The summed E-state index contributed by atoms with van der Waals surface area (Å²) in [5.41, 5.74) is -0.279. The first kappa shape index (κ1) is 25.8. The van der Waals surface area contributed by atoms with Crippen LogP contribution in [0.15, 0.2) is 33.7 Å². The first-order chi connectivity index (χ1) is 18.6.